The molecule has 78 valence electrons. The van der Waals surface area contributed by atoms with Crippen LogP contribution in [0.5, 0.6) is 0 Å². The Labute approximate surface area is 90.7 Å². The molecule has 0 bridgehead atoms. The number of halogens is 1. The van der Waals surface area contributed by atoms with Gasteiger partial charge in [-0.05, 0) is 31.2 Å². The molecule has 0 aliphatic heterocycles. The first-order chi connectivity index (χ1) is 6.74. The number of benzene rings is 1. The highest BCUT2D eigenvalue weighted by molar-refractivity contribution is 6.31. The topological polar surface area (TPSA) is 24.1 Å². The molecule has 0 saturated heterocycles. The van der Waals surface area contributed by atoms with E-state index >= 15 is 0 Å². The quantitative estimate of drug-likeness (QED) is 0.730. The fourth-order valence-corrected chi connectivity index (χ4v) is 1.53. The SMILES string of the molecule is CNCCNCc1ccc(C)cc1Cl. The lowest BCUT2D eigenvalue weighted by atomic mass is 10.1. The van der Waals surface area contributed by atoms with Crippen molar-refractivity contribution in [3.05, 3.63) is 34.3 Å². The van der Waals surface area contributed by atoms with Gasteiger partial charge in [0.2, 0.25) is 0 Å². The van der Waals surface area contributed by atoms with E-state index in [0.717, 1.165) is 30.2 Å². The molecule has 0 fully saturated rings. The molecule has 0 radical (unpaired) electrons. The fourth-order valence-electron chi connectivity index (χ4n) is 1.23. The maximum atomic E-state index is 6.09. The van der Waals surface area contributed by atoms with Crippen LogP contribution < -0.4 is 10.6 Å². The lowest BCUT2D eigenvalue weighted by Crippen LogP contribution is -2.24. The Morgan fingerprint density at radius 1 is 1.29 bits per heavy atom. The Bertz CT molecular complexity index is 287. The van der Waals surface area contributed by atoms with Crippen molar-refractivity contribution >= 4 is 11.6 Å². The van der Waals surface area contributed by atoms with Crippen LogP contribution in [0.1, 0.15) is 11.1 Å². The molecule has 0 heterocycles. The molecular formula is C11H17ClN2. The second-order valence-corrected chi connectivity index (χ2v) is 3.78. The molecule has 1 aromatic rings. The van der Waals surface area contributed by atoms with Gasteiger partial charge in [0.15, 0.2) is 0 Å². The summed E-state index contributed by atoms with van der Waals surface area (Å²) < 4.78 is 0. The normalized spacial score (nSPS) is 10.5. The van der Waals surface area contributed by atoms with E-state index in [4.69, 9.17) is 11.6 Å². The van der Waals surface area contributed by atoms with Crippen LogP contribution in [0.3, 0.4) is 0 Å². The maximum absolute atomic E-state index is 6.09. The second kappa shape index (κ2) is 6.02. The van der Waals surface area contributed by atoms with Crippen LogP contribution in [0, 0.1) is 6.92 Å². The van der Waals surface area contributed by atoms with Gasteiger partial charge >= 0.3 is 0 Å². The van der Waals surface area contributed by atoms with E-state index < -0.39 is 0 Å². The lowest BCUT2D eigenvalue weighted by Gasteiger charge is -2.06. The Hall–Kier alpha value is -0.570. The predicted octanol–water partition coefficient (Wildman–Crippen LogP) is 1.96. The van der Waals surface area contributed by atoms with E-state index in [9.17, 15) is 0 Å². The van der Waals surface area contributed by atoms with Crippen molar-refractivity contribution in [1.82, 2.24) is 10.6 Å². The molecule has 0 atom stereocenters. The van der Waals surface area contributed by atoms with Crippen molar-refractivity contribution in [2.75, 3.05) is 20.1 Å². The van der Waals surface area contributed by atoms with E-state index in [2.05, 4.69) is 22.8 Å². The van der Waals surface area contributed by atoms with Crippen LogP contribution in [0.25, 0.3) is 0 Å². The highest BCUT2D eigenvalue weighted by atomic mass is 35.5. The van der Waals surface area contributed by atoms with E-state index in [0.29, 0.717) is 0 Å². The van der Waals surface area contributed by atoms with Crippen molar-refractivity contribution in [3.63, 3.8) is 0 Å². The van der Waals surface area contributed by atoms with E-state index in [-0.39, 0.29) is 0 Å². The van der Waals surface area contributed by atoms with E-state index in [1.165, 1.54) is 5.56 Å². The summed E-state index contributed by atoms with van der Waals surface area (Å²) in [5, 5.41) is 7.25. The molecule has 0 aliphatic carbocycles. The van der Waals surface area contributed by atoms with Gasteiger partial charge < -0.3 is 10.6 Å². The Kier molecular flexibility index (Phi) is 4.94. The van der Waals surface area contributed by atoms with Crippen molar-refractivity contribution in [3.8, 4) is 0 Å². The fraction of sp³-hybridized carbons (Fsp3) is 0.455. The number of rotatable bonds is 5. The van der Waals surface area contributed by atoms with Crippen LogP contribution in [0.4, 0.5) is 0 Å². The third kappa shape index (κ3) is 3.66. The average molecular weight is 213 g/mol. The third-order valence-corrected chi connectivity index (χ3v) is 2.43. The molecule has 3 heteroatoms. The van der Waals surface area contributed by atoms with Gasteiger partial charge in [-0.1, -0.05) is 23.7 Å². The highest BCUT2D eigenvalue weighted by Gasteiger charge is 1.98. The number of aryl methyl sites for hydroxylation is 1. The van der Waals surface area contributed by atoms with Gasteiger partial charge in [0.05, 0.1) is 0 Å². The van der Waals surface area contributed by atoms with Gasteiger partial charge in [0.1, 0.15) is 0 Å². The smallest absolute Gasteiger partial charge is 0.0453 e. The molecular weight excluding hydrogens is 196 g/mol. The minimum atomic E-state index is 0.834. The van der Waals surface area contributed by atoms with Gasteiger partial charge in [0, 0.05) is 24.7 Å². The van der Waals surface area contributed by atoms with Gasteiger partial charge in [0.25, 0.3) is 0 Å². The summed E-state index contributed by atoms with van der Waals surface area (Å²) in [6.45, 7) is 4.81. The van der Waals surface area contributed by atoms with E-state index in [1.807, 2.05) is 20.0 Å². The first-order valence-electron chi connectivity index (χ1n) is 4.84. The van der Waals surface area contributed by atoms with E-state index in [1.54, 1.807) is 0 Å². The zero-order valence-electron chi connectivity index (χ0n) is 8.73. The summed E-state index contributed by atoms with van der Waals surface area (Å²) in [6.07, 6.45) is 0. The molecule has 0 saturated carbocycles. The largest absolute Gasteiger partial charge is 0.318 e. The summed E-state index contributed by atoms with van der Waals surface area (Å²) in [5.74, 6) is 0. The van der Waals surface area contributed by atoms with Crippen LogP contribution >= 0.6 is 11.6 Å². The molecule has 14 heavy (non-hydrogen) atoms. The number of likely N-dealkylation sites (N-methyl/N-ethyl adjacent to an activating group) is 1. The zero-order chi connectivity index (χ0) is 10.4. The van der Waals surface area contributed by atoms with Gasteiger partial charge in [-0.15, -0.1) is 0 Å². The van der Waals surface area contributed by atoms with Crippen molar-refractivity contribution in [2.24, 2.45) is 0 Å². The Morgan fingerprint density at radius 2 is 2.07 bits per heavy atom. The van der Waals surface area contributed by atoms with Crippen LogP contribution in [-0.4, -0.2) is 20.1 Å². The molecule has 2 N–H and O–H groups in total. The molecule has 1 aromatic carbocycles. The number of nitrogens with one attached hydrogen (secondary N) is 2. The molecule has 0 aliphatic rings. The molecule has 0 spiro atoms. The summed E-state index contributed by atoms with van der Waals surface area (Å²) in [5.41, 5.74) is 2.36. The summed E-state index contributed by atoms with van der Waals surface area (Å²) in [7, 11) is 1.94. The van der Waals surface area contributed by atoms with Gasteiger partial charge in [-0.25, -0.2) is 0 Å². The minimum absolute atomic E-state index is 0.834. The molecule has 0 aromatic heterocycles. The average Bonchev–Trinajstić information content (AvgIpc) is 2.15. The summed E-state index contributed by atoms with van der Waals surface area (Å²) in [4.78, 5) is 0. The molecule has 1 rings (SSSR count). The second-order valence-electron chi connectivity index (χ2n) is 3.38. The van der Waals surface area contributed by atoms with Crippen LogP contribution in [0.15, 0.2) is 18.2 Å². The highest BCUT2D eigenvalue weighted by Crippen LogP contribution is 2.16. The molecule has 2 nitrogen and oxygen atoms in total. The van der Waals surface area contributed by atoms with Crippen molar-refractivity contribution in [2.45, 2.75) is 13.5 Å². The van der Waals surface area contributed by atoms with Gasteiger partial charge in [-0.3, -0.25) is 0 Å². The van der Waals surface area contributed by atoms with Crippen LogP contribution in [-0.2, 0) is 6.54 Å². The molecule has 0 amide bonds. The summed E-state index contributed by atoms with van der Waals surface area (Å²) >= 11 is 6.09. The van der Waals surface area contributed by atoms with Crippen LogP contribution in [0.2, 0.25) is 5.02 Å². The zero-order valence-corrected chi connectivity index (χ0v) is 9.49. The summed E-state index contributed by atoms with van der Waals surface area (Å²) in [6, 6.07) is 6.15. The molecule has 0 unspecified atom stereocenters. The Morgan fingerprint density at radius 3 is 2.71 bits per heavy atom. The first kappa shape index (κ1) is 11.5. The van der Waals surface area contributed by atoms with Crippen molar-refractivity contribution in [1.29, 1.82) is 0 Å². The maximum Gasteiger partial charge on any atom is 0.0453 e. The third-order valence-electron chi connectivity index (χ3n) is 2.08. The number of hydrogen-bond donors (Lipinski definition) is 2. The lowest BCUT2D eigenvalue weighted by molar-refractivity contribution is 0.651. The predicted molar refractivity (Wildman–Crippen MR) is 61.8 cm³/mol. The van der Waals surface area contributed by atoms with Gasteiger partial charge in [-0.2, -0.15) is 0 Å². The minimum Gasteiger partial charge on any atom is -0.318 e. The Balaban J connectivity index is 2.42. The number of hydrogen-bond acceptors (Lipinski definition) is 2. The first-order valence-corrected chi connectivity index (χ1v) is 5.22. The standard InChI is InChI=1S/C11H17ClN2/c1-9-3-4-10(11(12)7-9)8-14-6-5-13-2/h3-4,7,13-14H,5-6,8H2,1-2H3. The van der Waals surface area contributed by atoms with Crippen molar-refractivity contribution < 1.29 is 0 Å². The monoisotopic (exact) mass is 212 g/mol.